The zero-order chi connectivity index (χ0) is 13.1. The van der Waals surface area contributed by atoms with Crippen molar-refractivity contribution >= 4 is 17.4 Å². The van der Waals surface area contributed by atoms with Crippen LogP contribution in [0.3, 0.4) is 0 Å². The Labute approximate surface area is 106 Å². The van der Waals surface area contributed by atoms with E-state index in [1.807, 2.05) is 27.7 Å². The third kappa shape index (κ3) is 3.47. The molecule has 1 atom stereocenters. The van der Waals surface area contributed by atoms with Crippen LogP contribution in [0.25, 0.3) is 0 Å². The van der Waals surface area contributed by atoms with E-state index in [2.05, 4.69) is 14.9 Å². The number of amides is 1. The van der Waals surface area contributed by atoms with Crippen molar-refractivity contribution in [2.75, 3.05) is 6.54 Å². The van der Waals surface area contributed by atoms with Gasteiger partial charge in [-0.25, -0.2) is 0 Å². The highest BCUT2D eigenvalue weighted by Crippen LogP contribution is 2.25. The molecule has 1 heterocycles. The van der Waals surface area contributed by atoms with Gasteiger partial charge in [0.25, 0.3) is 5.91 Å². The average molecular weight is 256 g/mol. The standard InChI is InChI=1S/C11H20N4OS/c1-5-7(6-12)13-10(16)8-9(11(2,3)4)14-15-17-8/h7H,5-6,12H2,1-4H3,(H,13,16). The molecule has 0 fully saturated rings. The van der Waals surface area contributed by atoms with E-state index in [9.17, 15) is 4.79 Å². The van der Waals surface area contributed by atoms with Crippen LogP contribution in [0.1, 0.15) is 49.5 Å². The second kappa shape index (κ2) is 5.55. The molecule has 0 saturated carbocycles. The van der Waals surface area contributed by atoms with E-state index in [0.717, 1.165) is 23.6 Å². The van der Waals surface area contributed by atoms with Gasteiger partial charge in [0, 0.05) is 18.0 Å². The van der Waals surface area contributed by atoms with Gasteiger partial charge in [-0.15, -0.1) is 5.10 Å². The molecule has 0 aliphatic heterocycles. The Morgan fingerprint density at radius 2 is 2.18 bits per heavy atom. The topological polar surface area (TPSA) is 80.9 Å². The van der Waals surface area contributed by atoms with Crippen LogP contribution in [0.2, 0.25) is 0 Å². The lowest BCUT2D eigenvalue weighted by Crippen LogP contribution is -2.40. The van der Waals surface area contributed by atoms with Gasteiger partial charge in [0.1, 0.15) is 4.88 Å². The first kappa shape index (κ1) is 14.1. The first-order chi connectivity index (χ1) is 7.90. The van der Waals surface area contributed by atoms with Crippen LogP contribution in [0, 0.1) is 0 Å². The van der Waals surface area contributed by atoms with Gasteiger partial charge in [0.05, 0.1) is 5.69 Å². The minimum absolute atomic E-state index is 0.0115. The van der Waals surface area contributed by atoms with Crippen LogP contribution in [0.15, 0.2) is 0 Å². The van der Waals surface area contributed by atoms with Crippen LogP contribution in [-0.2, 0) is 5.41 Å². The maximum atomic E-state index is 12.1. The number of nitrogens with zero attached hydrogens (tertiary/aromatic N) is 2. The SMILES string of the molecule is CCC(CN)NC(=O)c1snnc1C(C)(C)C. The molecule has 0 spiro atoms. The predicted molar refractivity (Wildman–Crippen MR) is 69.2 cm³/mol. The molecule has 1 aromatic rings. The molecule has 1 amide bonds. The van der Waals surface area contributed by atoms with Gasteiger partial charge in [0.2, 0.25) is 0 Å². The van der Waals surface area contributed by atoms with Gasteiger partial charge in [-0.3, -0.25) is 4.79 Å². The molecule has 0 radical (unpaired) electrons. The Bertz CT molecular complexity index is 379. The van der Waals surface area contributed by atoms with Crippen molar-refractivity contribution in [3.63, 3.8) is 0 Å². The molecule has 6 heteroatoms. The first-order valence-corrected chi connectivity index (χ1v) is 6.51. The number of nitrogens with two attached hydrogens (primary N) is 1. The predicted octanol–water partition coefficient (Wildman–Crippen LogP) is 1.30. The summed E-state index contributed by atoms with van der Waals surface area (Å²) in [5.74, 6) is -0.123. The number of carbonyl (C=O) groups is 1. The van der Waals surface area contributed by atoms with Gasteiger partial charge in [0.15, 0.2) is 0 Å². The quantitative estimate of drug-likeness (QED) is 0.851. The van der Waals surface area contributed by atoms with E-state index in [4.69, 9.17) is 5.73 Å². The molecule has 1 unspecified atom stereocenters. The Balaban J connectivity index is 2.87. The van der Waals surface area contributed by atoms with E-state index >= 15 is 0 Å². The molecular formula is C11H20N4OS. The van der Waals surface area contributed by atoms with Gasteiger partial charge >= 0.3 is 0 Å². The minimum atomic E-state index is -0.176. The number of hydrogen-bond acceptors (Lipinski definition) is 5. The third-order valence-electron chi connectivity index (χ3n) is 2.52. The van der Waals surface area contributed by atoms with Crippen LogP contribution in [0.4, 0.5) is 0 Å². The van der Waals surface area contributed by atoms with Crippen LogP contribution < -0.4 is 11.1 Å². The van der Waals surface area contributed by atoms with E-state index in [1.165, 1.54) is 0 Å². The second-order valence-electron chi connectivity index (χ2n) is 5.02. The van der Waals surface area contributed by atoms with Crippen LogP contribution >= 0.6 is 11.5 Å². The van der Waals surface area contributed by atoms with Gasteiger partial charge < -0.3 is 11.1 Å². The fraction of sp³-hybridized carbons (Fsp3) is 0.727. The van der Waals surface area contributed by atoms with E-state index < -0.39 is 0 Å². The maximum Gasteiger partial charge on any atom is 0.265 e. The summed E-state index contributed by atoms with van der Waals surface area (Å²) in [6.45, 7) is 8.48. The van der Waals surface area contributed by atoms with Gasteiger partial charge in [-0.05, 0) is 18.0 Å². The molecule has 5 nitrogen and oxygen atoms in total. The van der Waals surface area contributed by atoms with E-state index in [-0.39, 0.29) is 17.4 Å². The lowest BCUT2D eigenvalue weighted by Gasteiger charge is -2.18. The van der Waals surface area contributed by atoms with Crippen LogP contribution in [0.5, 0.6) is 0 Å². The van der Waals surface area contributed by atoms with E-state index in [1.54, 1.807) is 0 Å². The van der Waals surface area contributed by atoms with Crippen molar-refractivity contribution < 1.29 is 4.79 Å². The summed E-state index contributed by atoms with van der Waals surface area (Å²) in [7, 11) is 0. The summed E-state index contributed by atoms with van der Waals surface area (Å²) in [6.07, 6.45) is 0.819. The fourth-order valence-corrected chi connectivity index (χ4v) is 2.19. The largest absolute Gasteiger partial charge is 0.347 e. The summed E-state index contributed by atoms with van der Waals surface area (Å²) in [4.78, 5) is 12.7. The lowest BCUT2D eigenvalue weighted by atomic mass is 9.91. The first-order valence-electron chi connectivity index (χ1n) is 5.73. The zero-order valence-electron chi connectivity index (χ0n) is 10.8. The summed E-state index contributed by atoms with van der Waals surface area (Å²) in [5.41, 5.74) is 6.13. The smallest absolute Gasteiger partial charge is 0.265 e. The molecule has 1 aromatic heterocycles. The summed E-state index contributed by atoms with van der Waals surface area (Å²) in [5, 5.41) is 6.94. The van der Waals surface area contributed by atoms with Crippen molar-refractivity contribution in [3.8, 4) is 0 Å². The summed E-state index contributed by atoms with van der Waals surface area (Å²) >= 11 is 1.13. The highest BCUT2D eigenvalue weighted by Gasteiger charge is 2.26. The number of aromatic nitrogens is 2. The number of hydrogen-bond donors (Lipinski definition) is 2. The second-order valence-corrected chi connectivity index (χ2v) is 5.77. The monoisotopic (exact) mass is 256 g/mol. The van der Waals surface area contributed by atoms with Crippen molar-refractivity contribution in [1.29, 1.82) is 0 Å². The highest BCUT2D eigenvalue weighted by atomic mass is 32.1. The van der Waals surface area contributed by atoms with Crippen molar-refractivity contribution in [3.05, 3.63) is 10.6 Å². The van der Waals surface area contributed by atoms with Crippen molar-refractivity contribution in [2.45, 2.75) is 45.6 Å². The normalized spacial score (nSPS) is 13.5. The molecule has 0 bridgehead atoms. The molecular weight excluding hydrogens is 236 g/mol. The molecule has 0 aliphatic rings. The minimum Gasteiger partial charge on any atom is -0.347 e. The Kier molecular flexibility index (Phi) is 4.59. The Morgan fingerprint density at radius 1 is 1.53 bits per heavy atom. The molecule has 96 valence electrons. The average Bonchev–Trinajstić information content (AvgIpc) is 2.73. The fourth-order valence-electron chi connectivity index (χ4n) is 1.41. The highest BCUT2D eigenvalue weighted by molar-refractivity contribution is 7.08. The van der Waals surface area contributed by atoms with Crippen molar-refractivity contribution in [2.24, 2.45) is 5.73 Å². The Morgan fingerprint density at radius 3 is 2.65 bits per heavy atom. The Hall–Kier alpha value is -1.01. The molecule has 1 rings (SSSR count). The molecule has 0 aliphatic carbocycles. The van der Waals surface area contributed by atoms with Crippen LogP contribution in [-0.4, -0.2) is 28.1 Å². The number of carbonyl (C=O) groups excluding carboxylic acids is 1. The molecule has 3 N–H and O–H groups in total. The van der Waals surface area contributed by atoms with Gasteiger partial charge in [-0.1, -0.05) is 32.2 Å². The van der Waals surface area contributed by atoms with Crippen molar-refractivity contribution in [1.82, 2.24) is 14.9 Å². The van der Waals surface area contributed by atoms with Gasteiger partial charge in [-0.2, -0.15) is 0 Å². The molecule has 17 heavy (non-hydrogen) atoms. The molecule has 0 saturated heterocycles. The molecule has 0 aromatic carbocycles. The summed E-state index contributed by atoms with van der Waals surface area (Å²) in [6, 6.07) is 0.0115. The van der Waals surface area contributed by atoms with E-state index in [0.29, 0.717) is 11.4 Å². The third-order valence-corrected chi connectivity index (χ3v) is 3.24. The summed E-state index contributed by atoms with van der Waals surface area (Å²) < 4.78 is 3.87. The number of rotatable bonds is 4. The zero-order valence-corrected chi connectivity index (χ0v) is 11.6. The number of nitrogens with one attached hydrogen (secondary N) is 1. The lowest BCUT2D eigenvalue weighted by molar-refractivity contribution is 0.0939. The maximum absolute atomic E-state index is 12.1.